The highest BCUT2D eigenvalue weighted by atomic mass is 32.2. The standard InChI is InChI=1S/C10H23NO2S/c1-4-5-11-6-10(12)8-14(13)7-9(2)3/h9-12H,4-8H2,1-3H3. The van der Waals surface area contributed by atoms with E-state index in [1.54, 1.807) is 0 Å². The van der Waals surface area contributed by atoms with E-state index in [2.05, 4.69) is 12.2 Å². The Kier molecular flexibility index (Phi) is 8.43. The molecule has 2 atom stereocenters. The van der Waals surface area contributed by atoms with Crippen molar-refractivity contribution in [2.45, 2.75) is 33.3 Å². The molecule has 0 aliphatic rings. The summed E-state index contributed by atoms with van der Waals surface area (Å²) >= 11 is 0. The fourth-order valence-corrected chi connectivity index (χ4v) is 2.59. The van der Waals surface area contributed by atoms with E-state index < -0.39 is 16.9 Å². The molecular weight excluding hydrogens is 198 g/mol. The summed E-state index contributed by atoms with van der Waals surface area (Å²) in [5.41, 5.74) is 0. The maximum atomic E-state index is 11.4. The van der Waals surface area contributed by atoms with Gasteiger partial charge in [-0.15, -0.1) is 0 Å². The van der Waals surface area contributed by atoms with Crippen molar-refractivity contribution < 1.29 is 9.32 Å². The van der Waals surface area contributed by atoms with E-state index in [9.17, 15) is 9.32 Å². The van der Waals surface area contributed by atoms with Gasteiger partial charge in [-0.2, -0.15) is 0 Å². The minimum atomic E-state index is -0.876. The molecule has 0 heterocycles. The van der Waals surface area contributed by atoms with Gasteiger partial charge < -0.3 is 10.4 Å². The molecule has 14 heavy (non-hydrogen) atoms. The molecule has 0 fully saturated rings. The van der Waals surface area contributed by atoms with E-state index >= 15 is 0 Å². The number of aliphatic hydroxyl groups is 1. The van der Waals surface area contributed by atoms with Crippen molar-refractivity contribution in [3.63, 3.8) is 0 Å². The van der Waals surface area contributed by atoms with E-state index in [4.69, 9.17) is 0 Å². The second-order valence-electron chi connectivity index (χ2n) is 4.02. The van der Waals surface area contributed by atoms with Crippen LogP contribution in [0.25, 0.3) is 0 Å². The number of hydrogen-bond donors (Lipinski definition) is 2. The first-order chi connectivity index (χ1) is 6.56. The Bertz CT molecular complexity index is 162. The number of nitrogens with one attached hydrogen (secondary N) is 1. The monoisotopic (exact) mass is 221 g/mol. The minimum Gasteiger partial charge on any atom is -0.391 e. The van der Waals surface area contributed by atoms with E-state index in [1.165, 1.54) is 0 Å². The Hall–Kier alpha value is 0.0700. The summed E-state index contributed by atoms with van der Waals surface area (Å²) in [5.74, 6) is 1.52. The van der Waals surface area contributed by atoms with E-state index in [-0.39, 0.29) is 0 Å². The van der Waals surface area contributed by atoms with Crippen LogP contribution in [0.5, 0.6) is 0 Å². The van der Waals surface area contributed by atoms with Gasteiger partial charge in [0, 0.05) is 23.1 Å². The second-order valence-corrected chi connectivity index (χ2v) is 5.57. The summed E-state index contributed by atoms with van der Waals surface area (Å²) in [6.07, 6.45) is 0.586. The summed E-state index contributed by atoms with van der Waals surface area (Å²) in [4.78, 5) is 0. The number of aliphatic hydroxyl groups excluding tert-OH is 1. The van der Waals surface area contributed by atoms with Crippen LogP contribution in [0.3, 0.4) is 0 Å². The summed E-state index contributed by atoms with van der Waals surface area (Å²) in [6.45, 7) is 7.63. The van der Waals surface area contributed by atoms with Gasteiger partial charge in [-0.05, 0) is 18.9 Å². The molecule has 3 nitrogen and oxygen atoms in total. The maximum absolute atomic E-state index is 11.4. The molecule has 0 rings (SSSR count). The molecule has 0 aromatic rings. The minimum absolute atomic E-state index is 0.398. The van der Waals surface area contributed by atoms with Crippen molar-refractivity contribution in [1.29, 1.82) is 0 Å². The topological polar surface area (TPSA) is 49.3 Å². The lowest BCUT2D eigenvalue weighted by Gasteiger charge is -2.11. The zero-order valence-corrected chi connectivity index (χ0v) is 10.3. The first-order valence-electron chi connectivity index (χ1n) is 5.30. The SMILES string of the molecule is CCCNCC(O)CS(=O)CC(C)C. The van der Waals surface area contributed by atoms with Crippen molar-refractivity contribution in [2.24, 2.45) is 5.92 Å². The van der Waals surface area contributed by atoms with Crippen molar-refractivity contribution in [3.05, 3.63) is 0 Å². The Labute approximate surface area is 89.7 Å². The summed E-state index contributed by atoms with van der Waals surface area (Å²) < 4.78 is 11.4. The predicted octanol–water partition coefficient (Wildman–Crippen LogP) is 0.752. The van der Waals surface area contributed by atoms with Gasteiger partial charge in [0.15, 0.2) is 0 Å². The zero-order valence-electron chi connectivity index (χ0n) is 9.45. The Balaban J connectivity index is 3.50. The van der Waals surface area contributed by atoms with Crippen LogP contribution < -0.4 is 5.32 Å². The van der Waals surface area contributed by atoms with Gasteiger partial charge in [-0.25, -0.2) is 0 Å². The molecular formula is C10H23NO2S. The number of rotatable bonds is 8. The third-order valence-corrected chi connectivity index (χ3v) is 3.50. The summed E-state index contributed by atoms with van der Waals surface area (Å²) in [7, 11) is -0.876. The van der Waals surface area contributed by atoms with Gasteiger partial charge in [0.2, 0.25) is 0 Å². The molecule has 0 aliphatic carbocycles. The third kappa shape index (κ3) is 8.66. The quantitative estimate of drug-likeness (QED) is 0.595. The van der Waals surface area contributed by atoms with Gasteiger partial charge in [0.25, 0.3) is 0 Å². The normalized spacial score (nSPS) is 15.8. The molecule has 0 bridgehead atoms. The van der Waals surface area contributed by atoms with E-state index in [0.717, 1.165) is 13.0 Å². The fourth-order valence-electron chi connectivity index (χ4n) is 1.16. The fraction of sp³-hybridized carbons (Fsp3) is 1.00. The lowest BCUT2D eigenvalue weighted by Crippen LogP contribution is -2.32. The van der Waals surface area contributed by atoms with Crippen LogP contribution >= 0.6 is 0 Å². The molecule has 0 saturated carbocycles. The average molecular weight is 221 g/mol. The molecule has 2 unspecified atom stereocenters. The highest BCUT2D eigenvalue weighted by molar-refractivity contribution is 7.85. The van der Waals surface area contributed by atoms with Crippen LogP contribution in [0, 0.1) is 5.92 Å². The van der Waals surface area contributed by atoms with Crippen LogP contribution in [0.2, 0.25) is 0 Å². The Morgan fingerprint density at radius 1 is 1.36 bits per heavy atom. The van der Waals surface area contributed by atoms with Crippen molar-refractivity contribution in [1.82, 2.24) is 5.32 Å². The van der Waals surface area contributed by atoms with Crippen LogP contribution in [0.1, 0.15) is 27.2 Å². The van der Waals surface area contributed by atoms with Gasteiger partial charge in [0.1, 0.15) is 0 Å². The van der Waals surface area contributed by atoms with Gasteiger partial charge >= 0.3 is 0 Å². The smallest absolute Gasteiger partial charge is 0.0779 e. The molecule has 86 valence electrons. The maximum Gasteiger partial charge on any atom is 0.0779 e. The summed E-state index contributed by atoms with van der Waals surface area (Å²) in [6, 6.07) is 0. The lowest BCUT2D eigenvalue weighted by molar-refractivity contribution is 0.195. The lowest BCUT2D eigenvalue weighted by atomic mass is 10.3. The zero-order chi connectivity index (χ0) is 11.0. The second kappa shape index (κ2) is 8.38. The van der Waals surface area contributed by atoms with Gasteiger partial charge in [0.05, 0.1) is 11.9 Å². The van der Waals surface area contributed by atoms with E-state index in [1.807, 2.05) is 13.8 Å². The molecule has 0 amide bonds. The molecule has 0 radical (unpaired) electrons. The highest BCUT2D eigenvalue weighted by Crippen LogP contribution is 1.98. The molecule has 0 spiro atoms. The molecule has 0 saturated heterocycles. The molecule has 0 aromatic carbocycles. The van der Waals surface area contributed by atoms with Crippen LogP contribution in [0.15, 0.2) is 0 Å². The van der Waals surface area contributed by atoms with Gasteiger partial charge in [-0.1, -0.05) is 20.8 Å². The van der Waals surface area contributed by atoms with Crippen molar-refractivity contribution in [3.8, 4) is 0 Å². The van der Waals surface area contributed by atoms with Crippen molar-refractivity contribution >= 4 is 10.8 Å². The average Bonchev–Trinajstić information content (AvgIpc) is 2.02. The third-order valence-electron chi connectivity index (χ3n) is 1.70. The predicted molar refractivity (Wildman–Crippen MR) is 61.9 cm³/mol. The molecule has 4 heteroatoms. The van der Waals surface area contributed by atoms with Crippen molar-refractivity contribution in [2.75, 3.05) is 24.6 Å². The van der Waals surface area contributed by atoms with Crippen LogP contribution in [0.4, 0.5) is 0 Å². The van der Waals surface area contributed by atoms with E-state index in [0.29, 0.717) is 24.0 Å². The van der Waals surface area contributed by atoms with Crippen LogP contribution in [-0.4, -0.2) is 40.0 Å². The number of hydrogen-bond acceptors (Lipinski definition) is 3. The molecule has 2 N–H and O–H groups in total. The van der Waals surface area contributed by atoms with Gasteiger partial charge in [-0.3, -0.25) is 4.21 Å². The largest absolute Gasteiger partial charge is 0.391 e. The first-order valence-corrected chi connectivity index (χ1v) is 6.78. The Morgan fingerprint density at radius 3 is 2.50 bits per heavy atom. The highest BCUT2D eigenvalue weighted by Gasteiger charge is 2.10. The van der Waals surface area contributed by atoms with Crippen LogP contribution in [-0.2, 0) is 10.8 Å². The Morgan fingerprint density at radius 2 is 2.00 bits per heavy atom. The molecule has 0 aliphatic heterocycles. The summed E-state index contributed by atoms with van der Waals surface area (Å²) in [5, 5.41) is 12.6. The molecule has 0 aromatic heterocycles. The first kappa shape index (κ1) is 14.1.